The largest absolute Gasteiger partial charge is 0.548 e. The molecule has 0 heterocycles. The summed E-state index contributed by atoms with van der Waals surface area (Å²) in [4.78, 5) is 23.3. The molecule has 0 aromatic carbocycles. The molecular formula is C15H32N2O5. The Labute approximate surface area is 133 Å². The van der Waals surface area contributed by atoms with Gasteiger partial charge >= 0.3 is 6.09 Å². The quantitative estimate of drug-likeness (QED) is 0.555. The van der Waals surface area contributed by atoms with Crippen molar-refractivity contribution in [3.63, 3.8) is 0 Å². The number of carboxylic acid groups (broad SMARTS) is 1. The summed E-state index contributed by atoms with van der Waals surface area (Å²) >= 11 is 0. The molecule has 0 aromatic heterocycles. The van der Waals surface area contributed by atoms with E-state index in [4.69, 9.17) is 9.84 Å². The lowest BCUT2D eigenvalue weighted by atomic mass is 10.2. The zero-order chi connectivity index (χ0) is 17.8. The van der Waals surface area contributed by atoms with Gasteiger partial charge in [-0.05, 0) is 48.0 Å². The van der Waals surface area contributed by atoms with E-state index in [1.54, 1.807) is 25.7 Å². The van der Waals surface area contributed by atoms with E-state index >= 15 is 0 Å². The molecule has 0 bridgehead atoms. The number of rotatable bonds is 7. The summed E-state index contributed by atoms with van der Waals surface area (Å²) in [5.74, 6) is -1.45. The summed E-state index contributed by atoms with van der Waals surface area (Å²) < 4.78 is 4.84. The van der Waals surface area contributed by atoms with Gasteiger partial charge in [0.15, 0.2) is 0 Å². The van der Waals surface area contributed by atoms with Crippen LogP contribution in [0, 0.1) is 0 Å². The highest BCUT2D eigenvalue weighted by atomic mass is 16.6. The lowest BCUT2D eigenvalue weighted by molar-refractivity contribution is -0.894. The highest BCUT2D eigenvalue weighted by Crippen LogP contribution is 2.06. The first-order chi connectivity index (χ1) is 10.1. The van der Waals surface area contributed by atoms with Crippen LogP contribution in [-0.2, 0) is 9.53 Å². The number of carboxylic acids is 1. The molecule has 22 heavy (non-hydrogen) atoms. The number of carbonyl (C=O) groups excluding carboxylic acids is 2. The minimum Gasteiger partial charge on any atom is -0.548 e. The van der Waals surface area contributed by atoms with E-state index in [1.165, 1.54) is 19.6 Å². The zero-order valence-corrected chi connectivity index (χ0v) is 14.7. The third-order valence-electron chi connectivity index (χ3n) is 2.89. The molecule has 0 rings (SSSR count). The van der Waals surface area contributed by atoms with Crippen LogP contribution in [0.5, 0.6) is 0 Å². The third kappa shape index (κ3) is 13.6. The number of aliphatic carboxylic acids is 1. The van der Waals surface area contributed by atoms with Crippen molar-refractivity contribution < 1.29 is 29.4 Å². The van der Waals surface area contributed by atoms with Crippen LogP contribution in [-0.4, -0.2) is 55.1 Å². The first-order valence-electron chi connectivity index (χ1n) is 7.75. The fraction of sp³-hybridized carbons (Fsp3) is 0.867. The van der Waals surface area contributed by atoms with Gasteiger partial charge in [0.1, 0.15) is 5.60 Å². The average molecular weight is 320 g/mol. The minimum atomic E-state index is -1.45. The SMILES string of the molecule is CC(C)(C)OC(=O)NC(CCO)C(=O)[O-].CC[NH+](CC)CC. The van der Waals surface area contributed by atoms with Crippen molar-refractivity contribution in [2.24, 2.45) is 0 Å². The molecule has 0 fully saturated rings. The number of quaternary nitrogens is 1. The number of ether oxygens (including phenoxy) is 1. The van der Waals surface area contributed by atoms with Crippen molar-refractivity contribution in [2.75, 3.05) is 26.2 Å². The molecule has 1 atom stereocenters. The van der Waals surface area contributed by atoms with E-state index in [2.05, 4.69) is 26.1 Å². The molecule has 0 aliphatic carbocycles. The summed E-state index contributed by atoms with van der Waals surface area (Å²) in [6, 6.07) is -1.23. The lowest BCUT2D eigenvalue weighted by Gasteiger charge is -2.23. The third-order valence-corrected chi connectivity index (χ3v) is 2.89. The summed E-state index contributed by atoms with van der Waals surface area (Å²) in [5.41, 5.74) is -0.695. The van der Waals surface area contributed by atoms with Crippen molar-refractivity contribution in [2.45, 2.75) is 59.6 Å². The molecule has 0 aliphatic rings. The van der Waals surface area contributed by atoms with Crippen LogP contribution in [0.3, 0.4) is 0 Å². The van der Waals surface area contributed by atoms with Gasteiger partial charge in [0.2, 0.25) is 0 Å². The molecule has 1 amide bonds. The van der Waals surface area contributed by atoms with Crippen LogP contribution in [0.25, 0.3) is 0 Å². The van der Waals surface area contributed by atoms with Crippen molar-refractivity contribution in [3.05, 3.63) is 0 Å². The monoisotopic (exact) mass is 320 g/mol. The standard InChI is InChI=1S/C9H17NO5.C6H15N/c1-9(2,3)15-8(14)10-6(4-5-11)7(12)13;1-4-7(5-2)6-3/h6,11H,4-5H2,1-3H3,(H,10,14)(H,12,13);4-6H2,1-3H3. The van der Waals surface area contributed by atoms with Gasteiger partial charge in [-0.2, -0.15) is 0 Å². The maximum Gasteiger partial charge on any atom is 0.408 e. The summed E-state index contributed by atoms with van der Waals surface area (Å²) in [6.07, 6.45) is -0.952. The molecule has 1 unspecified atom stereocenters. The van der Waals surface area contributed by atoms with Crippen molar-refractivity contribution in [1.82, 2.24) is 5.32 Å². The van der Waals surface area contributed by atoms with Gasteiger partial charge in [-0.15, -0.1) is 0 Å². The van der Waals surface area contributed by atoms with Gasteiger partial charge in [-0.1, -0.05) is 0 Å². The number of carbonyl (C=O) groups is 2. The molecule has 0 saturated heterocycles. The second-order valence-electron chi connectivity index (χ2n) is 5.84. The number of alkyl carbamates (subject to hydrolysis) is 1. The fourth-order valence-corrected chi connectivity index (χ4v) is 1.58. The Bertz CT molecular complexity index is 306. The van der Waals surface area contributed by atoms with Gasteiger partial charge in [0.25, 0.3) is 0 Å². The predicted octanol–water partition coefficient (Wildman–Crippen LogP) is -1.06. The van der Waals surface area contributed by atoms with Crippen molar-refractivity contribution in [1.29, 1.82) is 0 Å². The molecule has 7 nitrogen and oxygen atoms in total. The van der Waals surface area contributed by atoms with Crippen LogP contribution >= 0.6 is 0 Å². The Morgan fingerprint density at radius 2 is 1.64 bits per heavy atom. The van der Waals surface area contributed by atoms with E-state index in [0.717, 1.165) is 0 Å². The van der Waals surface area contributed by atoms with E-state index < -0.39 is 23.7 Å². The number of hydrogen-bond donors (Lipinski definition) is 3. The maximum absolute atomic E-state index is 11.1. The molecule has 0 aromatic rings. The lowest BCUT2D eigenvalue weighted by Crippen LogP contribution is -3.11. The first-order valence-corrected chi connectivity index (χ1v) is 7.75. The topological polar surface area (TPSA) is 103 Å². The molecule has 132 valence electrons. The van der Waals surface area contributed by atoms with Crippen LogP contribution in [0.2, 0.25) is 0 Å². The Balaban J connectivity index is 0. The van der Waals surface area contributed by atoms with Gasteiger partial charge < -0.3 is 30.0 Å². The summed E-state index contributed by atoms with van der Waals surface area (Å²) in [7, 11) is 0. The van der Waals surface area contributed by atoms with Crippen LogP contribution in [0.4, 0.5) is 4.79 Å². The molecule has 0 aliphatic heterocycles. The summed E-state index contributed by atoms with van der Waals surface area (Å²) in [6.45, 7) is 15.1. The number of aliphatic hydroxyl groups excluding tert-OH is 1. The van der Waals surface area contributed by atoms with Gasteiger partial charge in [0.05, 0.1) is 31.6 Å². The summed E-state index contributed by atoms with van der Waals surface area (Å²) in [5, 5.41) is 21.1. The van der Waals surface area contributed by atoms with E-state index in [-0.39, 0.29) is 13.0 Å². The first kappa shape index (κ1) is 22.9. The van der Waals surface area contributed by atoms with Crippen molar-refractivity contribution >= 4 is 12.1 Å². The Morgan fingerprint density at radius 3 is 1.86 bits per heavy atom. The smallest absolute Gasteiger partial charge is 0.408 e. The number of nitrogens with one attached hydrogen (secondary N) is 2. The second kappa shape index (κ2) is 12.2. The van der Waals surface area contributed by atoms with Crippen LogP contribution < -0.4 is 15.3 Å². The van der Waals surface area contributed by atoms with E-state index in [1.807, 2.05) is 0 Å². The molecule has 3 N–H and O–H groups in total. The van der Waals surface area contributed by atoms with Crippen molar-refractivity contribution in [3.8, 4) is 0 Å². The Morgan fingerprint density at radius 1 is 1.18 bits per heavy atom. The maximum atomic E-state index is 11.1. The van der Waals surface area contributed by atoms with Gasteiger partial charge in [-0.3, -0.25) is 0 Å². The molecule has 0 saturated carbocycles. The molecule has 0 radical (unpaired) electrons. The highest BCUT2D eigenvalue weighted by Gasteiger charge is 2.19. The predicted molar refractivity (Wildman–Crippen MR) is 82.5 cm³/mol. The Hall–Kier alpha value is -1.34. The molecular weight excluding hydrogens is 288 g/mol. The van der Waals surface area contributed by atoms with Crippen LogP contribution in [0.1, 0.15) is 48.0 Å². The number of amides is 1. The van der Waals surface area contributed by atoms with E-state index in [0.29, 0.717) is 0 Å². The van der Waals surface area contributed by atoms with Gasteiger partial charge in [-0.25, -0.2) is 4.79 Å². The molecule has 7 heteroatoms. The second-order valence-corrected chi connectivity index (χ2v) is 5.84. The average Bonchev–Trinajstić information content (AvgIpc) is 2.38. The normalized spacial score (nSPS) is 12.2. The molecule has 0 spiro atoms. The Kier molecular flexibility index (Phi) is 12.7. The van der Waals surface area contributed by atoms with E-state index in [9.17, 15) is 14.7 Å². The number of hydrogen-bond acceptors (Lipinski definition) is 5. The van der Waals surface area contributed by atoms with Gasteiger partial charge in [0, 0.05) is 6.61 Å². The minimum absolute atomic E-state index is 0.110. The highest BCUT2D eigenvalue weighted by molar-refractivity contribution is 5.78. The fourth-order valence-electron chi connectivity index (χ4n) is 1.58. The number of aliphatic hydroxyl groups is 1. The van der Waals surface area contributed by atoms with Crippen LogP contribution in [0.15, 0.2) is 0 Å². The zero-order valence-electron chi connectivity index (χ0n) is 14.7.